The lowest BCUT2D eigenvalue weighted by atomic mass is 9.89. The van der Waals surface area contributed by atoms with Crippen LogP contribution in [0.25, 0.3) is 0 Å². The predicted octanol–water partition coefficient (Wildman–Crippen LogP) is 3.94. The number of nitriles is 1. The number of nitrogens with one attached hydrogen (secondary N) is 1. The molecule has 0 saturated carbocycles. The van der Waals surface area contributed by atoms with Gasteiger partial charge in [0.15, 0.2) is 0 Å². The van der Waals surface area contributed by atoms with Crippen molar-refractivity contribution in [3.05, 3.63) is 39.4 Å². The fourth-order valence-electron chi connectivity index (χ4n) is 4.16. The van der Waals surface area contributed by atoms with E-state index in [2.05, 4.69) is 33.1 Å². The molecule has 2 aliphatic rings. The van der Waals surface area contributed by atoms with Crippen molar-refractivity contribution < 1.29 is 4.79 Å². The van der Waals surface area contributed by atoms with Crippen molar-refractivity contribution >= 4 is 39.7 Å². The number of hydrogen-bond acceptors (Lipinski definition) is 6. The number of piperazine rings is 1. The summed E-state index contributed by atoms with van der Waals surface area (Å²) in [5.41, 5.74) is 1.84. The Morgan fingerprint density at radius 3 is 2.87 bits per heavy atom. The van der Waals surface area contributed by atoms with E-state index < -0.39 is 0 Å². The molecule has 2 aromatic rings. The van der Waals surface area contributed by atoms with Crippen LogP contribution in [0.2, 0.25) is 5.02 Å². The molecule has 6 nitrogen and oxygen atoms in total. The highest BCUT2D eigenvalue weighted by Crippen LogP contribution is 2.39. The van der Waals surface area contributed by atoms with Gasteiger partial charge >= 0.3 is 0 Å². The molecule has 30 heavy (non-hydrogen) atoms. The molecule has 0 bridgehead atoms. The van der Waals surface area contributed by atoms with Crippen molar-refractivity contribution in [2.24, 2.45) is 5.92 Å². The Morgan fingerprint density at radius 1 is 1.37 bits per heavy atom. The smallest absolute Gasteiger partial charge is 0.226 e. The van der Waals surface area contributed by atoms with Gasteiger partial charge in [0.2, 0.25) is 5.91 Å². The number of amides is 1. The van der Waals surface area contributed by atoms with Crippen LogP contribution in [0.1, 0.15) is 35.8 Å². The molecular formula is C22H26ClN5OS. The summed E-state index contributed by atoms with van der Waals surface area (Å²) in [4.78, 5) is 22.7. The number of thiophene rings is 1. The minimum Gasteiger partial charge on any atom is -0.354 e. The molecule has 1 N–H and O–H groups in total. The molecule has 1 saturated heterocycles. The van der Waals surface area contributed by atoms with E-state index in [1.807, 2.05) is 12.1 Å². The monoisotopic (exact) mass is 443 g/mol. The van der Waals surface area contributed by atoms with E-state index in [-0.39, 0.29) is 5.91 Å². The number of halogens is 1. The molecule has 1 unspecified atom stereocenters. The van der Waals surface area contributed by atoms with Gasteiger partial charge in [0.25, 0.3) is 0 Å². The summed E-state index contributed by atoms with van der Waals surface area (Å²) in [6.45, 7) is 6.52. The van der Waals surface area contributed by atoms with Gasteiger partial charge in [0.05, 0.1) is 10.6 Å². The second-order valence-electron chi connectivity index (χ2n) is 8.13. The van der Waals surface area contributed by atoms with Crippen molar-refractivity contribution in [3.8, 4) is 6.07 Å². The number of rotatable bonds is 5. The molecular weight excluding hydrogens is 418 g/mol. The maximum Gasteiger partial charge on any atom is 0.226 e. The first-order valence-electron chi connectivity index (χ1n) is 10.5. The predicted molar refractivity (Wildman–Crippen MR) is 121 cm³/mol. The topological polar surface area (TPSA) is 72.3 Å². The fourth-order valence-corrected chi connectivity index (χ4v) is 5.65. The zero-order valence-corrected chi connectivity index (χ0v) is 18.7. The number of carbonyl (C=O) groups excluding carboxylic acids is 1. The Labute approximate surface area is 186 Å². The Kier molecular flexibility index (Phi) is 6.57. The maximum absolute atomic E-state index is 12.5. The van der Waals surface area contributed by atoms with E-state index in [9.17, 15) is 10.1 Å². The largest absolute Gasteiger partial charge is 0.354 e. The summed E-state index contributed by atoms with van der Waals surface area (Å²) in [6.07, 6.45) is 5.17. The van der Waals surface area contributed by atoms with Crippen molar-refractivity contribution in [2.45, 2.75) is 32.6 Å². The molecule has 8 heteroatoms. The number of nitrogens with zero attached hydrogens (tertiary/aromatic N) is 4. The molecule has 2 aromatic heterocycles. The molecule has 0 aromatic carbocycles. The van der Waals surface area contributed by atoms with Crippen LogP contribution in [-0.4, -0.2) is 48.5 Å². The van der Waals surface area contributed by atoms with Gasteiger partial charge in [-0.15, -0.1) is 11.3 Å². The van der Waals surface area contributed by atoms with E-state index >= 15 is 0 Å². The van der Waals surface area contributed by atoms with Gasteiger partial charge in [0, 0.05) is 50.2 Å². The first kappa shape index (κ1) is 21.1. The number of anilines is 2. The first-order valence-corrected chi connectivity index (χ1v) is 11.7. The third-order valence-electron chi connectivity index (χ3n) is 5.94. The fraction of sp³-hybridized carbons (Fsp3) is 0.500. The summed E-state index contributed by atoms with van der Waals surface area (Å²) in [6, 6.07) is 6.12. The number of hydrogen-bond donors (Lipinski definition) is 1. The summed E-state index contributed by atoms with van der Waals surface area (Å²) in [7, 11) is 0. The third kappa shape index (κ3) is 4.77. The van der Waals surface area contributed by atoms with Crippen LogP contribution in [-0.2, 0) is 17.6 Å². The average Bonchev–Trinajstić information content (AvgIpc) is 3.09. The number of pyridine rings is 1. The number of carbonyl (C=O) groups is 1. The molecule has 158 valence electrons. The van der Waals surface area contributed by atoms with Crippen molar-refractivity contribution in [3.63, 3.8) is 0 Å². The molecule has 1 amide bonds. The van der Waals surface area contributed by atoms with Crippen molar-refractivity contribution in [1.29, 1.82) is 5.26 Å². The summed E-state index contributed by atoms with van der Waals surface area (Å²) in [5, 5.41) is 14.0. The molecule has 1 fully saturated rings. The van der Waals surface area contributed by atoms with Gasteiger partial charge in [-0.1, -0.05) is 18.5 Å². The minimum atomic E-state index is -0.0139. The zero-order valence-electron chi connectivity index (χ0n) is 17.2. The first-order chi connectivity index (χ1) is 14.5. The Morgan fingerprint density at radius 2 is 2.17 bits per heavy atom. The van der Waals surface area contributed by atoms with Gasteiger partial charge in [-0.3, -0.25) is 9.69 Å². The molecule has 1 aliphatic carbocycles. The second kappa shape index (κ2) is 9.34. The van der Waals surface area contributed by atoms with E-state index in [0.717, 1.165) is 68.4 Å². The average molecular weight is 444 g/mol. The van der Waals surface area contributed by atoms with Crippen LogP contribution in [0, 0.1) is 17.2 Å². The van der Waals surface area contributed by atoms with Gasteiger partial charge in [0.1, 0.15) is 16.9 Å². The lowest BCUT2D eigenvalue weighted by molar-refractivity contribution is -0.116. The van der Waals surface area contributed by atoms with Gasteiger partial charge in [-0.25, -0.2) is 4.98 Å². The minimum absolute atomic E-state index is 0.0139. The third-order valence-corrected chi connectivity index (χ3v) is 7.33. The SMILES string of the molecule is CC1CCc2c(sc(NC(=O)CCN3CCN(c4ccc(Cl)cn4)CC3)c2C#N)C1. The maximum atomic E-state index is 12.5. The molecule has 1 atom stereocenters. The lowest BCUT2D eigenvalue weighted by Gasteiger charge is -2.35. The Bertz CT molecular complexity index is 944. The normalized spacial score (nSPS) is 19.2. The quantitative estimate of drug-likeness (QED) is 0.757. The standard InChI is InChI=1S/C22H26ClN5OS/c1-15-2-4-17-18(13-24)22(30-19(17)12-15)26-21(29)6-7-27-8-10-28(11-9-27)20-5-3-16(23)14-25-20/h3,5,14-15H,2,4,6-12H2,1H3,(H,26,29). The van der Waals surface area contributed by atoms with Crippen LogP contribution in [0.3, 0.4) is 0 Å². The zero-order chi connectivity index (χ0) is 21.1. The van der Waals surface area contributed by atoms with Gasteiger partial charge in [-0.05, 0) is 42.9 Å². The van der Waals surface area contributed by atoms with Crippen LogP contribution < -0.4 is 10.2 Å². The Hall–Kier alpha value is -2.14. The summed E-state index contributed by atoms with van der Waals surface area (Å²) >= 11 is 7.50. The highest BCUT2D eigenvalue weighted by molar-refractivity contribution is 7.16. The van der Waals surface area contributed by atoms with Gasteiger partial charge in [-0.2, -0.15) is 5.26 Å². The molecule has 1 aliphatic heterocycles. The summed E-state index contributed by atoms with van der Waals surface area (Å²) < 4.78 is 0. The molecule has 3 heterocycles. The van der Waals surface area contributed by atoms with Crippen LogP contribution in [0.15, 0.2) is 18.3 Å². The van der Waals surface area contributed by atoms with Gasteiger partial charge < -0.3 is 10.2 Å². The van der Waals surface area contributed by atoms with E-state index in [1.165, 1.54) is 4.88 Å². The number of aromatic nitrogens is 1. The van der Waals surface area contributed by atoms with Crippen molar-refractivity contribution in [2.75, 3.05) is 42.9 Å². The van der Waals surface area contributed by atoms with E-state index in [1.54, 1.807) is 17.5 Å². The molecule has 4 rings (SSSR count). The lowest BCUT2D eigenvalue weighted by Crippen LogP contribution is -2.47. The summed E-state index contributed by atoms with van der Waals surface area (Å²) in [5.74, 6) is 1.57. The highest BCUT2D eigenvalue weighted by Gasteiger charge is 2.25. The van der Waals surface area contributed by atoms with Crippen LogP contribution in [0.4, 0.5) is 10.8 Å². The Balaban J connectivity index is 1.27. The molecule has 0 radical (unpaired) electrons. The van der Waals surface area contributed by atoms with E-state index in [0.29, 0.717) is 22.9 Å². The van der Waals surface area contributed by atoms with E-state index in [4.69, 9.17) is 11.6 Å². The molecule has 0 spiro atoms. The highest BCUT2D eigenvalue weighted by atomic mass is 35.5. The second-order valence-corrected chi connectivity index (χ2v) is 9.67. The number of fused-ring (bicyclic) bond motifs is 1. The van der Waals surface area contributed by atoms with Crippen LogP contribution >= 0.6 is 22.9 Å². The van der Waals surface area contributed by atoms with Crippen molar-refractivity contribution in [1.82, 2.24) is 9.88 Å². The van der Waals surface area contributed by atoms with Crippen LogP contribution in [0.5, 0.6) is 0 Å².